The van der Waals surface area contributed by atoms with Gasteiger partial charge in [0.05, 0.1) is 5.69 Å². The minimum Gasteiger partial charge on any atom is -0.367 e. The Morgan fingerprint density at radius 3 is 2.83 bits per heavy atom. The van der Waals surface area contributed by atoms with Crippen LogP contribution in [0, 0.1) is 19.7 Å². The molecule has 7 heteroatoms. The number of nitrogens with zero attached hydrogens (tertiary/aromatic N) is 3. The second-order valence-electron chi connectivity index (χ2n) is 7.44. The minimum atomic E-state index is -0.152. The Hall–Kier alpha value is -1.90. The van der Waals surface area contributed by atoms with Crippen LogP contribution in [0.25, 0.3) is 0 Å². The molecular weight excluding hydrogens is 480 g/mol. The predicted octanol–water partition coefficient (Wildman–Crippen LogP) is 3.83. The zero-order valence-electron chi connectivity index (χ0n) is 17.4. The van der Waals surface area contributed by atoms with Crippen LogP contribution < -0.4 is 15.5 Å². The predicted molar refractivity (Wildman–Crippen MR) is 129 cm³/mol. The van der Waals surface area contributed by atoms with Crippen LogP contribution in [0.2, 0.25) is 0 Å². The lowest BCUT2D eigenvalue weighted by Gasteiger charge is -2.35. The largest absolute Gasteiger partial charge is 0.367 e. The number of pyridine rings is 1. The molecule has 1 aliphatic heterocycles. The molecule has 0 spiro atoms. The van der Waals surface area contributed by atoms with Gasteiger partial charge in [0, 0.05) is 44.6 Å². The van der Waals surface area contributed by atoms with Crippen LogP contribution >= 0.6 is 24.0 Å². The molecule has 2 aromatic rings. The fourth-order valence-electron chi connectivity index (χ4n) is 3.54. The standard InChI is InChI=1S/C22H30FN5.HI/c1-16-6-9-20(23)21(13-16)28-12-4-5-19(15-28)27-22(24-3)25-11-10-18-8-7-17(2)26-14-18;/h6-9,13-14,19H,4-5,10-12,15H2,1-3H3,(H2,24,25,27);1H. The number of aryl methyl sites for hydroxylation is 2. The first-order chi connectivity index (χ1) is 13.5. The molecule has 0 amide bonds. The second kappa shape index (κ2) is 11.3. The van der Waals surface area contributed by atoms with Gasteiger partial charge >= 0.3 is 0 Å². The summed E-state index contributed by atoms with van der Waals surface area (Å²) in [6.45, 7) is 6.42. The summed E-state index contributed by atoms with van der Waals surface area (Å²) in [6.07, 6.45) is 4.88. The van der Waals surface area contributed by atoms with Gasteiger partial charge in [0.2, 0.25) is 0 Å². The molecule has 158 valence electrons. The van der Waals surface area contributed by atoms with Crippen molar-refractivity contribution in [2.75, 3.05) is 31.6 Å². The number of aliphatic imine (C=N–C) groups is 1. The highest BCUT2D eigenvalue weighted by Gasteiger charge is 2.22. The van der Waals surface area contributed by atoms with E-state index in [1.165, 1.54) is 5.56 Å². The Bertz CT molecular complexity index is 809. The van der Waals surface area contributed by atoms with Crippen LogP contribution in [-0.4, -0.2) is 43.7 Å². The second-order valence-corrected chi connectivity index (χ2v) is 7.44. The van der Waals surface area contributed by atoms with Crippen molar-refractivity contribution in [1.82, 2.24) is 15.6 Å². The monoisotopic (exact) mass is 511 g/mol. The number of hydrogen-bond donors (Lipinski definition) is 2. The Labute approximate surface area is 190 Å². The van der Waals surface area contributed by atoms with Crippen molar-refractivity contribution < 1.29 is 4.39 Å². The molecule has 3 rings (SSSR count). The summed E-state index contributed by atoms with van der Waals surface area (Å²) in [4.78, 5) is 10.8. The molecule has 29 heavy (non-hydrogen) atoms. The van der Waals surface area contributed by atoms with Gasteiger partial charge in [-0.3, -0.25) is 9.98 Å². The van der Waals surface area contributed by atoms with E-state index in [9.17, 15) is 4.39 Å². The van der Waals surface area contributed by atoms with Gasteiger partial charge in [-0.25, -0.2) is 4.39 Å². The van der Waals surface area contributed by atoms with Crippen LogP contribution in [-0.2, 0) is 6.42 Å². The van der Waals surface area contributed by atoms with E-state index in [1.54, 1.807) is 13.1 Å². The molecule has 5 nitrogen and oxygen atoms in total. The van der Waals surface area contributed by atoms with Crippen LogP contribution in [0.1, 0.15) is 29.7 Å². The Morgan fingerprint density at radius 1 is 1.28 bits per heavy atom. The third kappa shape index (κ3) is 6.83. The minimum absolute atomic E-state index is 0. The molecular formula is C22H31FIN5. The first-order valence-electron chi connectivity index (χ1n) is 9.95. The van der Waals surface area contributed by atoms with E-state index in [0.29, 0.717) is 5.69 Å². The van der Waals surface area contributed by atoms with Gasteiger partial charge in [0.25, 0.3) is 0 Å². The summed E-state index contributed by atoms with van der Waals surface area (Å²) in [5, 5.41) is 6.87. The van der Waals surface area contributed by atoms with Crippen molar-refractivity contribution in [1.29, 1.82) is 0 Å². The number of rotatable bonds is 5. The number of nitrogens with one attached hydrogen (secondary N) is 2. The van der Waals surface area contributed by atoms with Gasteiger partial charge in [-0.05, 0) is 62.4 Å². The van der Waals surface area contributed by atoms with Crippen LogP contribution in [0.3, 0.4) is 0 Å². The van der Waals surface area contributed by atoms with E-state index >= 15 is 0 Å². The number of halogens is 2. The Morgan fingerprint density at radius 2 is 2.10 bits per heavy atom. The van der Waals surface area contributed by atoms with E-state index in [2.05, 4.69) is 31.6 Å². The molecule has 1 atom stereocenters. The summed E-state index contributed by atoms with van der Waals surface area (Å²) in [7, 11) is 1.78. The normalized spacial score (nSPS) is 16.9. The maximum atomic E-state index is 14.3. The van der Waals surface area contributed by atoms with Gasteiger partial charge in [-0.15, -0.1) is 24.0 Å². The summed E-state index contributed by atoms with van der Waals surface area (Å²) >= 11 is 0. The smallest absolute Gasteiger partial charge is 0.191 e. The van der Waals surface area contributed by atoms with Gasteiger partial charge in [0.1, 0.15) is 5.82 Å². The fourth-order valence-corrected chi connectivity index (χ4v) is 3.54. The maximum absolute atomic E-state index is 14.3. The fraction of sp³-hybridized carbons (Fsp3) is 0.455. The number of benzene rings is 1. The van der Waals surface area contributed by atoms with Crippen molar-refractivity contribution in [3.63, 3.8) is 0 Å². The number of guanidine groups is 1. The quantitative estimate of drug-likeness (QED) is 0.364. The van der Waals surface area contributed by atoms with E-state index in [1.807, 2.05) is 38.2 Å². The summed E-state index contributed by atoms with van der Waals surface area (Å²) in [6, 6.07) is 9.68. The molecule has 0 radical (unpaired) electrons. The average molecular weight is 511 g/mol. The molecule has 0 aliphatic carbocycles. The lowest BCUT2D eigenvalue weighted by Crippen LogP contribution is -2.51. The maximum Gasteiger partial charge on any atom is 0.191 e. The Kier molecular flexibility index (Phi) is 9.13. The third-order valence-corrected chi connectivity index (χ3v) is 5.11. The van der Waals surface area contributed by atoms with E-state index in [4.69, 9.17) is 0 Å². The SMILES string of the molecule is CN=C(NCCc1ccc(C)nc1)NC1CCCN(c2cc(C)ccc2F)C1.I. The highest BCUT2D eigenvalue weighted by molar-refractivity contribution is 14.0. The van der Waals surface area contributed by atoms with E-state index < -0.39 is 0 Å². The summed E-state index contributed by atoms with van der Waals surface area (Å²) in [5.74, 6) is 0.636. The van der Waals surface area contributed by atoms with Gasteiger partial charge in [-0.1, -0.05) is 12.1 Å². The first kappa shape index (κ1) is 23.4. The highest BCUT2D eigenvalue weighted by atomic mass is 127. The topological polar surface area (TPSA) is 52.6 Å². The number of piperidine rings is 1. The molecule has 1 aromatic carbocycles. The van der Waals surface area contributed by atoms with Crippen molar-refractivity contribution in [2.24, 2.45) is 4.99 Å². The van der Waals surface area contributed by atoms with E-state index in [-0.39, 0.29) is 35.8 Å². The number of anilines is 1. The van der Waals surface area contributed by atoms with Crippen LogP contribution in [0.4, 0.5) is 10.1 Å². The molecule has 2 heterocycles. The van der Waals surface area contributed by atoms with Crippen LogP contribution in [0.5, 0.6) is 0 Å². The lowest BCUT2D eigenvalue weighted by molar-refractivity contribution is 0.463. The Balaban J connectivity index is 0.00000300. The van der Waals surface area contributed by atoms with Crippen molar-refractivity contribution in [3.05, 3.63) is 59.2 Å². The average Bonchev–Trinajstić information content (AvgIpc) is 2.70. The zero-order valence-corrected chi connectivity index (χ0v) is 19.7. The molecule has 0 saturated carbocycles. The molecule has 2 N–H and O–H groups in total. The third-order valence-electron chi connectivity index (χ3n) is 5.11. The number of aromatic nitrogens is 1. The van der Waals surface area contributed by atoms with Crippen molar-refractivity contribution in [3.8, 4) is 0 Å². The van der Waals surface area contributed by atoms with Gasteiger partial charge in [0.15, 0.2) is 5.96 Å². The zero-order chi connectivity index (χ0) is 19.9. The molecule has 1 saturated heterocycles. The summed E-state index contributed by atoms with van der Waals surface area (Å²) in [5.41, 5.74) is 4.00. The van der Waals surface area contributed by atoms with Crippen molar-refractivity contribution >= 4 is 35.6 Å². The van der Waals surface area contributed by atoms with Gasteiger partial charge < -0.3 is 15.5 Å². The summed E-state index contributed by atoms with van der Waals surface area (Å²) < 4.78 is 14.3. The van der Waals surface area contributed by atoms with Crippen LogP contribution in [0.15, 0.2) is 41.5 Å². The van der Waals surface area contributed by atoms with E-state index in [0.717, 1.165) is 56.1 Å². The molecule has 0 bridgehead atoms. The molecule has 1 aliphatic rings. The highest BCUT2D eigenvalue weighted by Crippen LogP contribution is 2.24. The molecule has 1 fully saturated rings. The molecule has 1 unspecified atom stereocenters. The molecule has 1 aromatic heterocycles. The van der Waals surface area contributed by atoms with Crippen molar-refractivity contribution in [2.45, 2.75) is 39.2 Å². The first-order valence-corrected chi connectivity index (χ1v) is 9.95. The lowest BCUT2D eigenvalue weighted by atomic mass is 10.0. The van der Waals surface area contributed by atoms with Gasteiger partial charge in [-0.2, -0.15) is 0 Å². The number of hydrogen-bond acceptors (Lipinski definition) is 3.